The number of rotatable bonds is 4. The summed E-state index contributed by atoms with van der Waals surface area (Å²) in [7, 11) is 0. The van der Waals surface area contributed by atoms with E-state index in [0.29, 0.717) is 12.6 Å². The molecular formula is C14H17F2NO. The molecule has 1 aromatic carbocycles. The van der Waals surface area contributed by atoms with Crippen molar-refractivity contribution in [1.82, 2.24) is 5.32 Å². The third-order valence-corrected chi connectivity index (χ3v) is 3.74. The van der Waals surface area contributed by atoms with E-state index in [4.69, 9.17) is 4.74 Å². The Morgan fingerprint density at radius 1 is 1.17 bits per heavy atom. The van der Waals surface area contributed by atoms with Gasteiger partial charge < -0.3 is 10.1 Å². The smallest absolute Gasteiger partial charge is 0.131 e. The van der Waals surface area contributed by atoms with Gasteiger partial charge >= 0.3 is 0 Å². The molecule has 1 N–H and O–H groups in total. The molecule has 1 aromatic rings. The number of hydrogen-bond donors (Lipinski definition) is 1. The second-order valence-electron chi connectivity index (χ2n) is 5.16. The Morgan fingerprint density at radius 2 is 1.89 bits per heavy atom. The van der Waals surface area contributed by atoms with Crippen molar-refractivity contribution in [2.75, 3.05) is 13.2 Å². The molecule has 4 heteroatoms. The number of ether oxygens (including phenoxy) is 1. The molecule has 1 saturated heterocycles. The highest BCUT2D eigenvalue weighted by atomic mass is 19.1. The molecule has 1 saturated carbocycles. The summed E-state index contributed by atoms with van der Waals surface area (Å²) >= 11 is 0. The van der Waals surface area contributed by atoms with Gasteiger partial charge in [0.05, 0.1) is 11.7 Å². The molecule has 0 radical (unpaired) electrons. The summed E-state index contributed by atoms with van der Waals surface area (Å²) in [5.74, 6) is -0.839. The van der Waals surface area contributed by atoms with Crippen LogP contribution < -0.4 is 5.32 Å². The van der Waals surface area contributed by atoms with Crippen LogP contribution in [0.5, 0.6) is 0 Å². The Labute approximate surface area is 105 Å². The normalized spacial score (nSPS) is 27.7. The zero-order chi connectivity index (χ0) is 12.5. The van der Waals surface area contributed by atoms with Gasteiger partial charge in [0.2, 0.25) is 0 Å². The fourth-order valence-electron chi connectivity index (χ4n) is 2.55. The van der Waals surface area contributed by atoms with Crippen LogP contribution in [0.1, 0.15) is 30.9 Å². The van der Waals surface area contributed by atoms with E-state index >= 15 is 0 Å². The average molecular weight is 253 g/mol. The Morgan fingerprint density at radius 3 is 2.56 bits per heavy atom. The Bertz CT molecular complexity index is 414. The monoisotopic (exact) mass is 253 g/mol. The summed E-state index contributed by atoms with van der Waals surface area (Å²) in [4.78, 5) is 0. The van der Waals surface area contributed by atoms with Gasteiger partial charge in [-0.3, -0.25) is 0 Å². The summed E-state index contributed by atoms with van der Waals surface area (Å²) in [6.45, 7) is 1.36. The quantitative estimate of drug-likeness (QED) is 0.891. The first-order valence-corrected chi connectivity index (χ1v) is 6.54. The second-order valence-corrected chi connectivity index (χ2v) is 5.16. The average Bonchev–Trinajstić information content (AvgIpc) is 3.06. The summed E-state index contributed by atoms with van der Waals surface area (Å²) < 4.78 is 33.0. The van der Waals surface area contributed by atoms with Crippen molar-refractivity contribution in [1.29, 1.82) is 0 Å². The number of benzene rings is 1. The summed E-state index contributed by atoms with van der Waals surface area (Å²) in [6, 6.07) is 4.59. The maximum absolute atomic E-state index is 13.7. The molecule has 3 rings (SSSR count). The SMILES string of the molecule is Fc1cccc(F)c1C1OCCC1CNC1CC1. The Hall–Kier alpha value is -1.00. The highest BCUT2D eigenvalue weighted by Gasteiger charge is 2.34. The van der Waals surface area contributed by atoms with Crippen molar-refractivity contribution >= 4 is 0 Å². The first kappa shape index (κ1) is 12.1. The van der Waals surface area contributed by atoms with E-state index in [1.165, 1.54) is 31.0 Å². The van der Waals surface area contributed by atoms with Gasteiger partial charge in [0, 0.05) is 25.1 Å². The lowest BCUT2D eigenvalue weighted by atomic mass is 9.94. The first-order chi connectivity index (χ1) is 8.75. The van der Waals surface area contributed by atoms with Crippen molar-refractivity contribution in [2.24, 2.45) is 5.92 Å². The molecule has 2 unspecified atom stereocenters. The van der Waals surface area contributed by atoms with Gasteiger partial charge in [-0.15, -0.1) is 0 Å². The van der Waals surface area contributed by atoms with E-state index in [9.17, 15) is 8.78 Å². The van der Waals surface area contributed by atoms with Gasteiger partial charge in [-0.2, -0.15) is 0 Å². The van der Waals surface area contributed by atoms with Gasteiger partial charge in [-0.05, 0) is 31.4 Å². The fraction of sp³-hybridized carbons (Fsp3) is 0.571. The minimum Gasteiger partial charge on any atom is -0.373 e. The molecule has 2 atom stereocenters. The van der Waals surface area contributed by atoms with Crippen molar-refractivity contribution < 1.29 is 13.5 Å². The molecule has 2 nitrogen and oxygen atoms in total. The van der Waals surface area contributed by atoms with Crippen LogP contribution in [-0.4, -0.2) is 19.2 Å². The zero-order valence-electron chi connectivity index (χ0n) is 10.2. The van der Waals surface area contributed by atoms with Crippen LogP contribution in [0.15, 0.2) is 18.2 Å². The second kappa shape index (κ2) is 4.94. The topological polar surface area (TPSA) is 21.3 Å². The highest BCUT2D eigenvalue weighted by molar-refractivity contribution is 5.23. The molecule has 0 amide bonds. The van der Waals surface area contributed by atoms with E-state index in [-0.39, 0.29) is 11.5 Å². The number of halogens is 2. The number of hydrogen-bond acceptors (Lipinski definition) is 2. The molecule has 1 aliphatic heterocycles. The third kappa shape index (κ3) is 2.40. The van der Waals surface area contributed by atoms with Crippen molar-refractivity contribution in [3.63, 3.8) is 0 Å². The van der Waals surface area contributed by atoms with E-state index < -0.39 is 17.7 Å². The van der Waals surface area contributed by atoms with Crippen LogP contribution in [0.4, 0.5) is 8.78 Å². The molecule has 0 aromatic heterocycles. The molecule has 18 heavy (non-hydrogen) atoms. The maximum atomic E-state index is 13.7. The zero-order valence-corrected chi connectivity index (χ0v) is 10.2. The van der Waals surface area contributed by atoms with E-state index in [1.54, 1.807) is 0 Å². The predicted molar refractivity (Wildman–Crippen MR) is 64.2 cm³/mol. The predicted octanol–water partition coefficient (Wildman–Crippen LogP) is 2.79. The fourth-order valence-corrected chi connectivity index (χ4v) is 2.55. The minimum absolute atomic E-state index is 0.0950. The van der Waals surface area contributed by atoms with E-state index in [2.05, 4.69) is 5.32 Å². The van der Waals surface area contributed by atoms with Crippen molar-refractivity contribution in [3.8, 4) is 0 Å². The van der Waals surface area contributed by atoms with Crippen LogP contribution in [0.25, 0.3) is 0 Å². The van der Waals surface area contributed by atoms with Crippen LogP contribution in [0, 0.1) is 17.6 Å². The summed E-state index contributed by atoms with van der Waals surface area (Å²) in [5, 5.41) is 3.41. The molecule has 1 aliphatic carbocycles. The first-order valence-electron chi connectivity index (χ1n) is 6.54. The largest absolute Gasteiger partial charge is 0.373 e. The van der Waals surface area contributed by atoms with E-state index in [1.807, 2.05) is 0 Å². The molecular weight excluding hydrogens is 236 g/mol. The lowest BCUT2D eigenvalue weighted by molar-refractivity contribution is 0.0841. The van der Waals surface area contributed by atoms with Crippen LogP contribution in [-0.2, 0) is 4.74 Å². The molecule has 2 fully saturated rings. The van der Waals surface area contributed by atoms with Gasteiger partial charge in [0.1, 0.15) is 11.6 Å². The van der Waals surface area contributed by atoms with Gasteiger partial charge in [0.15, 0.2) is 0 Å². The van der Waals surface area contributed by atoms with Crippen molar-refractivity contribution in [2.45, 2.75) is 31.4 Å². The lowest BCUT2D eigenvalue weighted by Crippen LogP contribution is -2.27. The molecule has 2 aliphatic rings. The molecule has 98 valence electrons. The third-order valence-electron chi connectivity index (χ3n) is 3.74. The van der Waals surface area contributed by atoms with E-state index in [0.717, 1.165) is 13.0 Å². The summed E-state index contributed by atoms with van der Waals surface area (Å²) in [5.41, 5.74) is 0.0950. The summed E-state index contributed by atoms with van der Waals surface area (Å²) in [6.07, 6.45) is 2.84. The Kier molecular flexibility index (Phi) is 3.31. The molecule has 1 heterocycles. The van der Waals surface area contributed by atoms with Crippen LogP contribution in [0.3, 0.4) is 0 Å². The minimum atomic E-state index is -0.502. The van der Waals surface area contributed by atoms with Crippen molar-refractivity contribution in [3.05, 3.63) is 35.4 Å². The van der Waals surface area contributed by atoms with Gasteiger partial charge in [0.25, 0.3) is 0 Å². The Balaban J connectivity index is 1.76. The highest BCUT2D eigenvalue weighted by Crippen LogP contribution is 2.37. The molecule has 0 spiro atoms. The van der Waals surface area contributed by atoms with Gasteiger partial charge in [-0.1, -0.05) is 6.07 Å². The van der Waals surface area contributed by atoms with Crippen LogP contribution in [0.2, 0.25) is 0 Å². The van der Waals surface area contributed by atoms with Crippen LogP contribution >= 0.6 is 0 Å². The number of nitrogens with one attached hydrogen (secondary N) is 1. The molecule has 0 bridgehead atoms. The standard InChI is InChI=1S/C14H17F2NO/c15-11-2-1-3-12(16)13(11)14-9(6-7-18-14)8-17-10-4-5-10/h1-3,9-10,14,17H,4-8H2. The van der Waals surface area contributed by atoms with Gasteiger partial charge in [-0.25, -0.2) is 8.78 Å². The lowest BCUT2D eigenvalue weighted by Gasteiger charge is -2.20. The maximum Gasteiger partial charge on any atom is 0.131 e.